The molecule has 1 saturated heterocycles. The zero-order valence-electron chi connectivity index (χ0n) is 11.8. The van der Waals surface area contributed by atoms with Crippen LogP contribution in [-0.4, -0.2) is 11.8 Å². The molecular weight excluding hydrogens is 330 g/mol. The normalized spacial score (nSPS) is 38.0. The van der Waals surface area contributed by atoms with Gasteiger partial charge in [0.05, 0.1) is 5.92 Å². The van der Waals surface area contributed by atoms with Crippen molar-refractivity contribution < 1.29 is 9.59 Å². The second-order valence-electron chi connectivity index (χ2n) is 6.86. The minimum absolute atomic E-state index is 0.0872. The summed E-state index contributed by atoms with van der Waals surface area (Å²) >= 11 is 3.59. The fourth-order valence-electron chi connectivity index (χ4n) is 5.13. The van der Waals surface area contributed by atoms with Gasteiger partial charge in [-0.25, -0.2) is 0 Å². The first kappa shape index (κ1) is 13.5. The molecule has 3 fully saturated rings. The number of carbonyl (C=O) groups excluding carboxylic acids is 2. The highest BCUT2D eigenvalue weighted by atomic mass is 79.9. The molecule has 3 aliphatic rings. The van der Waals surface area contributed by atoms with Crippen LogP contribution in [0, 0.1) is 17.3 Å². The molecule has 21 heavy (non-hydrogen) atoms. The number of rotatable bonds is 1. The molecule has 0 aromatic heterocycles. The summed E-state index contributed by atoms with van der Waals surface area (Å²) in [4.78, 5) is 24.7. The molecule has 1 N–H and O–H groups in total. The molecular formula is C17H18BrNO2. The SMILES string of the molecule is O=C1CC2(CC3CCC2C3)C(c2ccccc2Br)C(=O)N1. The van der Waals surface area contributed by atoms with E-state index in [0.29, 0.717) is 18.3 Å². The molecule has 2 aliphatic carbocycles. The Morgan fingerprint density at radius 3 is 2.67 bits per heavy atom. The van der Waals surface area contributed by atoms with Crippen molar-refractivity contribution in [3.05, 3.63) is 34.3 Å². The van der Waals surface area contributed by atoms with Gasteiger partial charge in [0, 0.05) is 10.9 Å². The summed E-state index contributed by atoms with van der Waals surface area (Å²) in [6.45, 7) is 0. The number of amides is 2. The number of benzene rings is 1. The van der Waals surface area contributed by atoms with Gasteiger partial charge in [0.2, 0.25) is 11.8 Å². The smallest absolute Gasteiger partial charge is 0.234 e. The first-order chi connectivity index (χ1) is 10.1. The zero-order valence-corrected chi connectivity index (χ0v) is 13.4. The van der Waals surface area contributed by atoms with Crippen LogP contribution in [0.5, 0.6) is 0 Å². The van der Waals surface area contributed by atoms with Crippen molar-refractivity contribution in [1.29, 1.82) is 0 Å². The molecule has 1 aromatic rings. The number of halogens is 1. The van der Waals surface area contributed by atoms with E-state index in [1.807, 2.05) is 24.3 Å². The highest BCUT2D eigenvalue weighted by molar-refractivity contribution is 9.10. The van der Waals surface area contributed by atoms with E-state index in [9.17, 15) is 9.59 Å². The van der Waals surface area contributed by atoms with Crippen molar-refractivity contribution in [3.63, 3.8) is 0 Å². The van der Waals surface area contributed by atoms with Gasteiger partial charge in [-0.05, 0) is 48.1 Å². The lowest BCUT2D eigenvalue weighted by molar-refractivity contribution is -0.142. The maximum absolute atomic E-state index is 12.6. The quantitative estimate of drug-likeness (QED) is 0.791. The molecule has 1 heterocycles. The number of hydrogen-bond donors (Lipinski definition) is 1. The van der Waals surface area contributed by atoms with Crippen LogP contribution in [0.4, 0.5) is 0 Å². The van der Waals surface area contributed by atoms with E-state index in [4.69, 9.17) is 0 Å². The second-order valence-corrected chi connectivity index (χ2v) is 7.71. The Morgan fingerprint density at radius 2 is 2.00 bits per heavy atom. The summed E-state index contributed by atoms with van der Waals surface area (Å²) in [7, 11) is 0. The van der Waals surface area contributed by atoms with Gasteiger partial charge in [-0.1, -0.05) is 40.5 Å². The second kappa shape index (κ2) is 4.67. The van der Waals surface area contributed by atoms with Crippen molar-refractivity contribution in [1.82, 2.24) is 5.32 Å². The number of piperidine rings is 1. The number of hydrogen-bond acceptors (Lipinski definition) is 2. The number of nitrogens with one attached hydrogen (secondary N) is 1. The van der Waals surface area contributed by atoms with E-state index in [1.165, 1.54) is 19.3 Å². The van der Waals surface area contributed by atoms with Crippen LogP contribution in [0.2, 0.25) is 0 Å². The van der Waals surface area contributed by atoms with Crippen LogP contribution in [0.15, 0.2) is 28.7 Å². The molecule has 4 rings (SSSR count). The van der Waals surface area contributed by atoms with Crippen LogP contribution in [0.25, 0.3) is 0 Å². The molecule has 2 amide bonds. The topological polar surface area (TPSA) is 46.2 Å². The van der Waals surface area contributed by atoms with Crippen molar-refractivity contribution in [2.45, 2.75) is 38.0 Å². The van der Waals surface area contributed by atoms with E-state index in [-0.39, 0.29) is 23.1 Å². The Labute approximate surface area is 132 Å². The lowest BCUT2D eigenvalue weighted by atomic mass is 9.59. The number of fused-ring (bicyclic) bond motifs is 3. The van der Waals surface area contributed by atoms with Gasteiger partial charge in [0.1, 0.15) is 0 Å². The average Bonchev–Trinajstić information content (AvgIpc) is 3.00. The maximum Gasteiger partial charge on any atom is 0.234 e. The van der Waals surface area contributed by atoms with E-state index in [0.717, 1.165) is 16.5 Å². The van der Waals surface area contributed by atoms with Crippen molar-refractivity contribution in [3.8, 4) is 0 Å². The van der Waals surface area contributed by atoms with Crippen molar-refractivity contribution >= 4 is 27.7 Å². The van der Waals surface area contributed by atoms with Gasteiger partial charge in [-0.15, -0.1) is 0 Å². The number of imide groups is 1. The summed E-state index contributed by atoms with van der Waals surface area (Å²) < 4.78 is 0.974. The van der Waals surface area contributed by atoms with Gasteiger partial charge in [0.25, 0.3) is 0 Å². The monoisotopic (exact) mass is 347 g/mol. The van der Waals surface area contributed by atoms with Crippen LogP contribution in [-0.2, 0) is 9.59 Å². The van der Waals surface area contributed by atoms with Crippen LogP contribution in [0.3, 0.4) is 0 Å². The maximum atomic E-state index is 12.6. The fourth-order valence-corrected chi connectivity index (χ4v) is 5.65. The molecule has 1 aliphatic heterocycles. The average molecular weight is 348 g/mol. The molecule has 3 nitrogen and oxygen atoms in total. The van der Waals surface area contributed by atoms with Crippen molar-refractivity contribution in [2.24, 2.45) is 17.3 Å². The highest BCUT2D eigenvalue weighted by Crippen LogP contribution is 2.64. The van der Waals surface area contributed by atoms with E-state index < -0.39 is 0 Å². The van der Waals surface area contributed by atoms with Gasteiger partial charge in [0.15, 0.2) is 0 Å². The number of carbonyl (C=O) groups is 2. The Balaban J connectivity index is 1.84. The molecule has 1 aromatic carbocycles. The molecule has 4 atom stereocenters. The van der Waals surface area contributed by atoms with Crippen LogP contribution < -0.4 is 5.32 Å². The lowest BCUT2D eigenvalue weighted by Crippen LogP contribution is -2.52. The molecule has 0 radical (unpaired) electrons. The summed E-state index contributed by atoms with van der Waals surface area (Å²) in [6, 6.07) is 7.95. The zero-order chi connectivity index (χ0) is 14.6. The molecule has 2 saturated carbocycles. The van der Waals surface area contributed by atoms with Gasteiger partial charge in [-0.2, -0.15) is 0 Å². The summed E-state index contributed by atoms with van der Waals surface area (Å²) in [5.41, 5.74) is 0.890. The Morgan fingerprint density at radius 1 is 1.19 bits per heavy atom. The largest absolute Gasteiger partial charge is 0.296 e. The minimum atomic E-state index is -0.193. The third kappa shape index (κ3) is 1.91. The van der Waals surface area contributed by atoms with Crippen LogP contribution in [0.1, 0.15) is 43.6 Å². The minimum Gasteiger partial charge on any atom is -0.296 e. The van der Waals surface area contributed by atoms with E-state index in [2.05, 4.69) is 21.2 Å². The molecule has 4 heteroatoms. The standard InChI is InChI=1S/C17H18BrNO2/c18-13-4-2-1-3-12(13)15-16(21)19-14(20)9-17(15)8-10-5-6-11(17)7-10/h1-4,10-11,15H,5-9H2,(H,19,20,21). The van der Waals surface area contributed by atoms with Gasteiger partial charge in [-0.3, -0.25) is 14.9 Å². The Bertz CT molecular complexity index is 629. The van der Waals surface area contributed by atoms with Crippen molar-refractivity contribution in [2.75, 3.05) is 0 Å². The summed E-state index contributed by atoms with van der Waals surface area (Å²) in [5, 5.41) is 2.57. The van der Waals surface area contributed by atoms with Crippen LogP contribution >= 0.6 is 15.9 Å². The first-order valence-electron chi connectivity index (χ1n) is 7.68. The highest BCUT2D eigenvalue weighted by Gasteiger charge is 2.60. The predicted molar refractivity (Wildman–Crippen MR) is 82.5 cm³/mol. The Hall–Kier alpha value is -1.16. The molecule has 110 valence electrons. The third-order valence-corrected chi connectivity index (χ3v) is 6.55. The summed E-state index contributed by atoms with van der Waals surface area (Å²) in [5.74, 6) is 0.843. The molecule has 4 unspecified atom stereocenters. The predicted octanol–water partition coefficient (Wildman–Crippen LogP) is 3.39. The van der Waals surface area contributed by atoms with E-state index >= 15 is 0 Å². The molecule has 2 bridgehead atoms. The summed E-state index contributed by atoms with van der Waals surface area (Å²) in [6.07, 6.45) is 5.17. The van der Waals surface area contributed by atoms with Gasteiger partial charge >= 0.3 is 0 Å². The first-order valence-corrected chi connectivity index (χ1v) is 8.47. The third-order valence-electron chi connectivity index (χ3n) is 5.83. The Kier molecular flexibility index (Phi) is 3.00. The van der Waals surface area contributed by atoms with Gasteiger partial charge < -0.3 is 0 Å². The molecule has 1 spiro atoms. The van der Waals surface area contributed by atoms with E-state index in [1.54, 1.807) is 0 Å². The lowest BCUT2D eigenvalue weighted by Gasteiger charge is -2.46. The fraction of sp³-hybridized carbons (Fsp3) is 0.529.